The van der Waals surface area contributed by atoms with E-state index in [4.69, 9.17) is 0 Å². The number of hydrogen-bond acceptors (Lipinski definition) is 2. The van der Waals surface area contributed by atoms with Crippen LogP contribution in [-0.4, -0.2) is 12.6 Å². The normalized spacial score (nSPS) is 19.3. The Bertz CT molecular complexity index is 349. The van der Waals surface area contributed by atoms with Crippen molar-refractivity contribution < 1.29 is 0 Å². The van der Waals surface area contributed by atoms with Gasteiger partial charge in [-0.25, -0.2) is 0 Å². The Morgan fingerprint density at radius 1 is 1.40 bits per heavy atom. The van der Waals surface area contributed by atoms with E-state index in [2.05, 4.69) is 58.6 Å². The molecule has 0 fully saturated rings. The van der Waals surface area contributed by atoms with Crippen LogP contribution in [0.4, 0.5) is 11.4 Å². The first-order valence-electron chi connectivity index (χ1n) is 5.45. The molecule has 1 heterocycles. The van der Waals surface area contributed by atoms with E-state index in [0.29, 0.717) is 6.04 Å². The molecule has 2 nitrogen and oxygen atoms in total. The van der Waals surface area contributed by atoms with Crippen LogP contribution in [0.2, 0.25) is 0 Å². The lowest BCUT2D eigenvalue weighted by atomic mass is 10.0. The Morgan fingerprint density at radius 3 is 2.93 bits per heavy atom. The Kier molecular flexibility index (Phi) is 3.19. The van der Waals surface area contributed by atoms with Crippen molar-refractivity contribution in [3.8, 4) is 0 Å². The molecule has 1 aliphatic rings. The topological polar surface area (TPSA) is 24.1 Å². The summed E-state index contributed by atoms with van der Waals surface area (Å²) in [7, 11) is 0. The number of fused-ring (bicyclic) bond motifs is 1. The average molecular weight is 269 g/mol. The molecule has 2 rings (SSSR count). The average Bonchev–Trinajstić information content (AvgIpc) is 2.17. The van der Waals surface area contributed by atoms with E-state index in [1.54, 1.807) is 0 Å². The summed E-state index contributed by atoms with van der Waals surface area (Å²) >= 11 is 3.48. The fourth-order valence-electron chi connectivity index (χ4n) is 2.00. The van der Waals surface area contributed by atoms with E-state index in [1.807, 2.05) is 0 Å². The maximum Gasteiger partial charge on any atom is 0.0588 e. The fourth-order valence-corrected chi connectivity index (χ4v) is 2.37. The monoisotopic (exact) mass is 268 g/mol. The van der Waals surface area contributed by atoms with Crippen molar-refractivity contribution in [3.63, 3.8) is 0 Å². The minimum atomic E-state index is 0.554. The van der Waals surface area contributed by atoms with E-state index >= 15 is 0 Å². The van der Waals surface area contributed by atoms with Crippen molar-refractivity contribution in [3.05, 3.63) is 22.7 Å². The highest BCUT2D eigenvalue weighted by Gasteiger charge is 2.17. The second kappa shape index (κ2) is 4.44. The van der Waals surface area contributed by atoms with Gasteiger partial charge in [-0.2, -0.15) is 0 Å². The zero-order valence-corrected chi connectivity index (χ0v) is 10.8. The van der Waals surface area contributed by atoms with Crippen LogP contribution in [0.5, 0.6) is 0 Å². The number of nitrogens with one attached hydrogen (secondary N) is 2. The predicted molar refractivity (Wildman–Crippen MR) is 69.5 cm³/mol. The maximum absolute atomic E-state index is 3.57. The van der Waals surface area contributed by atoms with Crippen LogP contribution >= 0.6 is 15.9 Å². The number of anilines is 2. The SMILES string of the molecule is CC(C)CC1CNc2cc(Br)ccc2N1. The van der Waals surface area contributed by atoms with Crippen molar-refractivity contribution in [1.29, 1.82) is 0 Å². The van der Waals surface area contributed by atoms with Gasteiger partial charge in [-0.15, -0.1) is 0 Å². The Hall–Kier alpha value is -0.700. The Morgan fingerprint density at radius 2 is 2.20 bits per heavy atom. The van der Waals surface area contributed by atoms with Crippen LogP contribution in [0.1, 0.15) is 20.3 Å². The third-order valence-corrected chi connectivity index (χ3v) is 3.13. The molecule has 2 N–H and O–H groups in total. The van der Waals surface area contributed by atoms with Crippen LogP contribution in [-0.2, 0) is 0 Å². The Labute approximate surface area is 99.6 Å². The third-order valence-electron chi connectivity index (χ3n) is 2.64. The van der Waals surface area contributed by atoms with Crippen molar-refractivity contribution in [2.75, 3.05) is 17.2 Å². The van der Waals surface area contributed by atoms with E-state index in [1.165, 1.54) is 17.8 Å². The standard InChI is InChI=1S/C12H17BrN2/c1-8(2)5-10-7-14-12-6-9(13)3-4-11(12)15-10/h3-4,6,8,10,14-15H,5,7H2,1-2H3. The summed E-state index contributed by atoms with van der Waals surface area (Å²) in [4.78, 5) is 0. The molecular formula is C12H17BrN2. The van der Waals surface area contributed by atoms with E-state index in [0.717, 1.165) is 16.9 Å². The number of halogens is 1. The molecular weight excluding hydrogens is 252 g/mol. The molecule has 1 aliphatic heterocycles. The first-order chi connectivity index (χ1) is 7.15. The van der Waals surface area contributed by atoms with Crippen molar-refractivity contribution >= 4 is 27.3 Å². The zero-order chi connectivity index (χ0) is 10.8. The highest BCUT2D eigenvalue weighted by molar-refractivity contribution is 9.10. The molecule has 0 spiro atoms. The van der Waals surface area contributed by atoms with Crippen LogP contribution in [0.25, 0.3) is 0 Å². The predicted octanol–water partition coefficient (Wildman–Crippen LogP) is 3.70. The molecule has 3 heteroatoms. The summed E-state index contributed by atoms with van der Waals surface area (Å²) in [5.74, 6) is 0.737. The van der Waals surface area contributed by atoms with E-state index in [-0.39, 0.29) is 0 Å². The zero-order valence-electron chi connectivity index (χ0n) is 9.18. The van der Waals surface area contributed by atoms with Gasteiger partial charge in [0, 0.05) is 17.1 Å². The second-order valence-corrected chi connectivity index (χ2v) is 5.46. The summed E-state index contributed by atoms with van der Waals surface area (Å²) in [6.45, 7) is 5.54. The van der Waals surface area contributed by atoms with Gasteiger partial charge in [0.15, 0.2) is 0 Å². The highest BCUT2D eigenvalue weighted by Crippen LogP contribution is 2.30. The van der Waals surface area contributed by atoms with Gasteiger partial charge in [-0.1, -0.05) is 29.8 Å². The lowest BCUT2D eigenvalue weighted by molar-refractivity contribution is 0.525. The first-order valence-corrected chi connectivity index (χ1v) is 6.24. The van der Waals surface area contributed by atoms with Gasteiger partial charge in [0.05, 0.1) is 11.4 Å². The van der Waals surface area contributed by atoms with E-state index < -0.39 is 0 Å². The maximum atomic E-state index is 3.57. The molecule has 0 radical (unpaired) electrons. The second-order valence-electron chi connectivity index (χ2n) is 4.54. The quantitative estimate of drug-likeness (QED) is 0.855. The number of rotatable bonds is 2. The summed E-state index contributed by atoms with van der Waals surface area (Å²) in [6.07, 6.45) is 1.21. The Balaban J connectivity index is 2.10. The molecule has 15 heavy (non-hydrogen) atoms. The summed E-state index contributed by atoms with van der Waals surface area (Å²) < 4.78 is 1.12. The molecule has 0 amide bonds. The summed E-state index contributed by atoms with van der Waals surface area (Å²) in [5, 5.41) is 7.04. The molecule has 1 aromatic carbocycles. The molecule has 1 aromatic rings. The summed E-state index contributed by atoms with van der Waals surface area (Å²) in [5.41, 5.74) is 2.42. The molecule has 0 bridgehead atoms. The van der Waals surface area contributed by atoms with Crippen LogP contribution < -0.4 is 10.6 Å². The molecule has 0 saturated carbocycles. The molecule has 1 atom stereocenters. The van der Waals surface area contributed by atoms with Crippen molar-refractivity contribution in [2.24, 2.45) is 5.92 Å². The van der Waals surface area contributed by atoms with Crippen LogP contribution in [0, 0.1) is 5.92 Å². The minimum Gasteiger partial charge on any atom is -0.381 e. The minimum absolute atomic E-state index is 0.554. The van der Waals surface area contributed by atoms with Crippen molar-refractivity contribution in [2.45, 2.75) is 26.3 Å². The van der Waals surface area contributed by atoms with Gasteiger partial charge in [-0.05, 0) is 30.5 Å². The van der Waals surface area contributed by atoms with Crippen LogP contribution in [0.15, 0.2) is 22.7 Å². The molecule has 82 valence electrons. The highest BCUT2D eigenvalue weighted by atomic mass is 79.9. The summed E-state index contributed by atoms with van der Waals surface area (Å²) in [6, 6.07) is 6.87. The third kappa shape index (κ3) is 2.65. The van der Waals surface area contributed by atoms with Gasteiger partial charge in [-0.3, -0.25) is 0 Å². The van der Waals surface area contributed by atoms with Gasteiger partial charge in [0.1, 0.15) is 0 Å². The van der Waals surface area contributed by atoms with E-state index in [9.17, 15) is 0 Å². The number of hydrogen-bond donors (Lipinski definition) is 2. The van der Waals surface area contributed by atoms with Gasteiger partial charge in [0.2, 0.25) is 0 Å². The van der Waals surface area contributed by atoms with Crippen molar-refractivity contribution in [1.82, 2.24) is 0 Å². The lowest BCUT2D eigenvalue weighted by Gasteiger charge is -2.29. The first kappa shape index (κ1) is 10.8. The smallest absolute Gasteiger partial charge is 0.0588 e. The van der Waals surface area contributed by atoms with Gasteiger partial charge in [0.25, 0.3) is 0 Å². The van der Waals surface area contributed by atoms with Crippen LogP contribution in [0.3, 0.4) is 0 Å². The molecule has 0 saturated heterocycles. The van der Waals surface area contributed by atoms with Gasteiger partial charge >= 0.3 is 0 Å². The molecule has 1 unspecified atom stereocenters. The number of benzene rings is 1. The van der Waals surface area contributed by atoms with Gasteiger partial charge < -0.3 is 10.6 Å². The fraction of sp³-hybridized carbons (Fsp3) is 0.500. The largest absolute Gasteiger partial charge is 0.381 e. The molecule has 0 aromatic heterocycles. The molecule has 0 aliphatic carbocycles. The lowest BCUT2D eigenvalue weighted by Crippen LogP contribution is -2.33.